The van der Waals surface area contributed by atoms with Crippen LogP contribution in [-0.2, 0) is 4.74 Å². The van der Waals surface area contributed by atoms with Crippen molar-refractivity contribution >= 4 is 0 Å². The van der Waals surface area contributed by atoms with E-state index in [1.54, 1.807) is 0 Å². The van der Waals surface area contributed by atoms with Gasteiger partial charge in [-0.05, 0) is 30.1 Å². The van der Waals surface area contributed by atoms with Gasteiger partial charge in [-0.2, -0.15) is 0 Å². The first-order valence-corrected chi connectivity index (χ1v) is 7.59. The Balaban J connectivity index is 1.85. The first-order chi connectivity index (χ1) is 9.07. The minimum absolute atomic E-state index is 0.0807. The van der Waals surface area contributed by atoms with Gasteiger partial charge in [0.2, 0.25) is 0 Å². The van der Waals surface area contributed by atoms with Crippen LogP contribution in [0, 0.1) is 28.6 Å². The molecule has 5 N–H and O–H groups in total. The molecular formula is C15H25NO4. The number of ether oxygens (including phenoxy) is 1. The molecule has 0 radical (unpaired) electrons. The van der Waals surface area contributed by atoms with Gasteiger partial charge in [0, 0.05) is 11.3 Å². The summed E-state index contributed by atoms with van der Waals surface area (Å²) in [5.74, 6) is -1.69. The predicted octanol–water partition coefficient (Wildman–Crippen LogP) is -0.173. The number of aliphatic hydroxyl groups is 3. The zero-order valence-electron chi connectivity index (χ0n) is 12.3. The Morgan fingerprint density at radius 2 is 1.80 bits per heavy atom. The molecule has 5 nitrogen and oxygen atoms in total. The smallest absolute Gasteiger partial charge is 0.198 e. The summed E-state index contributed by atoms with van der Waals surface area (Å²) in [5.41, 5.74) is 5.20. The summed E-state index contributed by atoms with van der Waals surface area (Å²) in [4.78, 5) is 0. The highest BCUT2D eigenvalue weighted by molar-refractivity contribution is 5.31. The molecule has 1 heterocycles. The van der Waals surface area contributed by atoms with Gasteiger partial charge in [-0.3, -0.25) is 0 Å². The molecular weight excluding hydrogens is 258 g/mol. The van der Waals surface area contributed by atoms with E-state index < -0.39 is 28.9 Å². The lowest BCUT2D eigenvalue weighted by Crippen LogP contribution is -2.83. The second-order valence-electron chi connectivity index (χ2n) is 8.64. The van der Waals surface area contributed by atoms with Gasteiger partial charge < -0.3 is 25.8 Å². The topological polar surface area (TPSA) is 95.9 Å². The summed E-state index contributed by atoms with van der Waals surface area (Å²) in [6, 6.07) is 0. The molecule has 4 rings (SSSR count). The average Bonchev–Trinajstić information content (AvgIpc) is 2.82. The molecule has 4 aliphatic rings. The van der Waals surface area contributed by atoms with Crippen LogP contribution in [0.25, 0.3) is 0 Å². The number of fused-ring (bicyclic) bond motifs is 2. The number of aliphatic hydroxyl groups excluding tert-OH is 2. The highest BCUT2D eigenvalue weighted by Crippen LogP contribution is 2.73. The molecule has 1 saturated heterocycles. The molecule has 0 aromatic carbocycles. The second-order valence-corrected chi connectivity index (χ2v) is 8.64. The van der Waals surface area contributed by atoms with Crippen LogP contribution in [0.2, 0.25) is 0 Å². The van der Waals surface area contributed by atoms with Crippen LogP contribution in [0.3, 0.4) is 0 Å². The van der Waals surface area contributed by atoms with Crippen molar-refractivity contribution in [2.45, 2.75) is 57.1 Å². The Hall–Kier alpha value is -0.200. The van der Waals surface area contributed by atoms with E-state index in [0.717, 1.165) is 12.8 Å². The third kappa shape index (κ3) is 1.13. The van der Waals surface area contributed by atoms with Crippen molar-refractivity contribution in [2.75, 3.05) is 6.61 Å². The lowest BCUT2D eigenvalue weighted by Gasteiger charge is -2.68. The Morgan fingerprint density at radius 1 is 1.15 bits per heavy atom. The number of nitrogens with two attached hydrogens (primary N) is 1. The van der Waals surface area contributed by atoms with E-state index in [0.29, 0.717) is 0 Å². The summed E-state index contributed by atoms with van der Waals surface area (Å²) < 4.78 is 5.44. The van der Waals surface area contributed by atoms with E-state index in [-0.39, 0.29) is 29.8 Å². The summed E-state index contributed by atoms with van der Waals surface area (Å²) in [6.45, 7) is 6.53. The van der Waals surface area contributed by atoms with Crippen LogP contribution in [0.5, 0.6) is 0 Å². The fourth-order valence-corrected chi connectivity index (χ4v) is 6.26. The average molecular weight is 283 g/mol. The van der Waals surface area contributed by atoms with Crippen LogP contribution in [0.4, 0.5) is 0 Å². The summed E-state index contributed by atoms with van der Waals surface area (Å²) in [5, 5.41) is 31.9. The number of hydrogen-bond donors (Lipinski definition) is 4. The highest BCUT2D eigenvalue weighted by Gasteiger charge is 2.84. The third-order valence-corrected chi connectivity index (χ3v) is 6.94. The normalized spacial score (nSPS) is 66.5. The van der Waals surface area contributed by atoms with E-state index in [1.165, 1.54) is 0 Å². The van der Waals surface area contributed by atoms with Crippen molar-refractivity contribution in [3.05, 3.63) is 0 Å². The van der Waals surface area contributed by atoms with Gasteiger partial charge in [-0.15, -0.1) is 0 Å². The molecule has 114 valence electrons. The maximum atomic E-state index is 10.8. The summed E-state index contributed by atoms with van der Waals surface area (Å²) in [7, 11) is 0. The molecule has 3 saturated carbocycles. The van der Waals surface area contributed by atoms with Gasteiger partial charge in [0.1, 0.15) is 6.10 Å². The molecule has 5 heteroatoms. The quantitative estimate of drug-likeness (QED) is 0.495. The van der Waals surface area contributed by atoms with Crippen LogP contribution in [0.1, 0.15) is 33.6 Å². The SMILES string of the molecule is CC1(C)C[C@H]2[C@H](O)[C@]3(N)CO[C@]4(O)[C@@H](O)[C@@](C)([C@H]34)[C@H]2C1. The van der Waals surface area contributed by atoms with Gasteiger partial charge in [-0.25, -0.2) is 0 Å². The van der Waals surface area contributed by atoms with Crippen molar-refractivity contribution in [3.63, 3.8) is 0 Å². The van der Waals surface area contributed by atoms with Crippen molar-refractivity contribution in [3.8, 4) is 0 Å². The maximum Gasteiger partial charge on any atom is 0.198 e. The lowest BCUT2D eigenvalue weighted by molar-refractivity contribution is -0.389. The lowest BCUT2D eigenvalue weighted by atomic mass is 9.39. The van der Waals surface area contributed by atoms with E-state index >= 15 is 0 Å². The molecule has 4 fully saturated rings. The van der Waals surface area contributed by atoms with Crippen molar-refractivity contribution in [1.82, 2.24) is 0 Å². The molecule has 0 bridgehead atoms. The molecule has 0 amide bonds. The molecule has 0 aromatic rings. The molecule has 0 aromatic heterocycles. The Bertz CT molecular complexity index is 482. The Kier molecular flexibility index (Phi) is 2.19. The predicted molar refractivity (Wildman–Crippen MR) is 71.4 cm³/mol. The first-order valence-electron chi connectivity index (χ1n) is 7.59. The number of hydrogen-bond acceptors (Lipinski definition) is 5. The molecule has 8 atom stereocenters. The molecule has 0 unspecified atom stereocenters. The van der Waals surface area contributed by atoms with Gasteiger partial charge in [0.15, 0.2) is 5.79 Å². The Morgan fingerprint density at radius 3 is 2.45 bits per heavy atom. The monoisotopic (exact) mass is 283 g/mol. The second kappa shape index (κ2) is 3.25. The summed E-state index contributed by atoms with van der Waals surface area (Å²) in [6.07, 6.45) is 0.268. The maximum absolute atomic E-state index is 10.8. The molecule has 20 heavy (non-hydrogen) atoms. The van der Waals surface area contributed by atoms with Gasteiger partial charge in [-0.1, -0.05) is 20.8 Å². The van der Waals surface area contributed by atoms with E-state index in [1.807, 2.05) is 6.92 Å². The highest BCUT2D eigenvalue weighted by atomic mass is 16.7. The fraction of sp³-hybridized carbons (Fsp3) is 1.00. The minimum atomic E-state index is -1.57. The molecule has 1 aliphatic heterocycles. The molecule has 3 aliphatic carbocycles. The Labute approximate surface area is 119 Å². The van der Waals surface area contributed by atoms with E-state index in [9.17, 15) is 15.3 Å². The molecule has 0 spiro atoms. The van der Waals surface area contributed by atoms with Gasteiger partial charge in [0.05, 0.1) is 18.2 Å². The first kappa shape index (κ1) is 13.5. The van der Waals surface area contributed by atoms with E-state index in [4.69, 9.17) is 10.5 Å². The van der Waals surface area contributed by atoms with Crippen LogP contribution < -0.4 is 5.73 Å². The fourth-order valence-electron chi connectivity index (χ4n) is 6.26. The third-order valence-electron chi connectivity index (χ3n) is 6.94. The van der Waals surface area contributed by atoms with Crippen LogP contribution in [-0.4, -0.2) is 45.5 Å². The minimum Gasteiger partial charge on any atom is -0.391 e. The zero-order chi connectivity index (χ0) is 14.7. The van der Waals surface area contributed by atoms with Crippen molar-refractivity contribution in [2.24, 2.45) is 34.3 Å². The largest absolute Gasteiger partial charge is 0.391 e. The van der Waals surface area contributed by atoms with Crippen LogP contribution in [0.15, 0.2) is 0 Å². The standard InChI is InChI=1S/C15H25NO4/c1-12(2)4-7-8(5-12)13(3)10-14(16,9(7)17)6-20-15(10,19)11(13)18/h7-11,17-19H,4-6,16H2,1-3H3/t7-,8+,9+,10-,11+,13-,14-,15+/m1/s1. The zero-order valence-corrected chi connectivity index (χ0v) is 12.3. The van der Waals surface area contributed by atoms with Crippen molar-refractivity contribution < 1.29 is 20.1 Å². The number of rotatable bonds is 0. The van der Waals surface area contributed by atoms with E-state index in [2.05, 4.69) is 13.8 Å². The van der Waals surface area contributed by atoms with Gasteiger partial charge >= 0.3 is 0 Å². The van der Waals surface area contributed by atoms with Gasteiger partial charge in [0.25, 0.3) is 0 Å². The summed E-state index contributed by atoms with van der Waals surface area (Å²) >= 11 is 0. The van der Waals surface area contributed by atoms with Crippen LogP contribution >= 0.6 is 0 Å². The van der Waals surface area contributed by atoms with Crippen molar-refractivity contribution in [1.29, 1.82) is 0 Å².